The molecule has 1 aromatic heterocycles. The molecule has 0 fully saturated rings. The Labute approximate surface area is 128 Å². The van der Waals surface area contributed by atoms with Gasteiger partial charge in [0.1, 0.15) is 11.1 Å². The number of aryl methyl sites for hydroxylation is 1. The summed E-state index contributed by atoms with van der Waals surface area (Å²) in [5.41, 5.74) is 1.05. The minimum Gasteiger partial charge on any atom is -0.460 e. The van der Waals surface area contributed by atoms with Crippen LogP contribution in [0, 0.1) is 17.0 Å². The quantitative estimate of drug-likeness (QED) is 0.493. The van der Waals surface area contributed by atoms with Crippen molar-refractivity contribution < 1.29 is 14.5 Å². The van der Waals surface area contributed by atoms with E-state index in [4.69, 9.17) is 4.74 Å². The summed E-state index contributed by atoms with van der Waals surface area (Å²) in [7, 11) is 0. The lowest BCUT2D eigenvalue weighted by Crippen LogP contribution is -2.25. The molecule has 0 aliphatic carbocycles. The Morgan fingerprint density at radius 2 is 2.05 bits per heavy atom. The molecule has 6 nitrogen and oxygen atoms in total. The molecule has 2 rings (SSSR count). The van der Waals surface area contributed by atoms with E-state index in [1.165, 1.54) is 6.07 Å². The van der Waals surface area contributed by atoms with E-state index in [0.717, 1.165) is 0 Å². The number of carbonyl (C=O) groups excluding carboxylic acids is 1. The SMILES string of the molecule is Cc1nc2c([N+](=O)[O-])cccc2cc1CC(=O)OC(C)(C)C. The Morgan fingerprint density at radius 3 is 2.64 bits per heavy atom. The zero-order chi connectivity index (χ0) is 16.5. The molecular weight excluding hydrogens is 284 g/mol. The third kappa shape index (κ3) is 3.58. The molecule has 6 heteroatoms. The molecule has 1 heterocycles. The number of para-hydroxylation sites is 1. The first kappa shape index (κ1) is 15.9. The minimum atomic E-state index is -0.548. The van der Waals surface area contributed by atoms with Crippen molar-refractivity contribution in [3.05, 3.63) is 45.6 Å². The van der Waals surface area contributed by atoms with Crippen molar-refractivity contribution in [3.63, 3.8) is 0 Å². The maximum Gasteiger partial charge on any atom is 0.310 e. The van der Waals surface area contributed by atoms with Gasteiger partial charge in [-0.25, -0.2) is 4.98 Å². The molecule has 0 saturated carbocycles. The highest BCUT2D eigenvalue weighted by atomic mass is 16.6. The predicted octanol–water partition coefficient (Wildman–Crippen LogP) is 3.34. The summed E-state index contributed by atoms with van der Waals surface area (Å²) in [4.78, 5) is 26.8. The van der Waals surface area contributed by atoms with Crippen LogP contribution >= 0.6 is 0 Å². The molecule has 0 unspecified atom stereocenters. The summed E-state index contributed by atoms with van der Waals surface area (Å²) >= 11 is 0. The van der Waals surface area contributed by atoms with Gasteiger partial charge in [-0.2, -0.15) is 0 Å². The van der Waals surface area contributed by atoms with Crippen LogP contribution in [-0.2, 0) is 16.0 Å². The van der Waals surface area contributed by atoms with Crippen molar-refractivity contribution in [1.82, 2.24) is 4.98 Å². The number of carbonyl (C=O) groups is 1. The van der Waals surface area contributed by atoms with Crippen LogP contribution < -0.4 is 0 Å². The molecule has 0 N–H and O–H groups in total. The molecule has 0 saturated heterocycles. The number of fused-ring (bicyclic) bond motifs is 1. The Kier molecular flexibility index (Phi) is 4.12. The molecule has 0 aliphatic heterocycles. The van der Waals surface area contributed by atoms with Gasteiger partial charge in [-0.15, -0.1) is 0 Å². The average molecular weight is 302 g/mol. The molecule has 0 bridgehead atoms. The van der Waals surface area contributed by atoms with E-state index >= 15 is 0 Å². The third-order valence-corrected chi connectivity index (χ3v) is 3.07. The summed E-state index contributed by atoms with van der Waals surface area (Å²) < 4.78 is 5.30. The second-order valence-electron chi connectivity index (χ2n) is 6.10. The topological polar surface area (TPSA) is 82.3 Å². The van der Waals surface area contributed by atoms with Gasteiger partial charge >= 0.3 is 5.97 Å². The van der Waals surface area contributed by atoms with Crippen LogP contribution in [0.3, 0.4) is 0 Å². The third-order valence-electron chi connectivity index (χ3n) is 3.07. The highest BCUT2D eigenvalue weighted by molar-refractivity contribution is 5.88. The molecule has 0 atom stereocenters. The standard InChI is InChI=1S/C16H18N2O4/c1-10-12(9-14(19)22-16(2,3)4)8-11-6-5-7-13(18(20)21)15(11)17-10/h5-8H,9H2,1-4H3. The average Bonchev–Trinajstić information content (AvgIpc) is 2.36. The lowest BCUT2D eigenvalue weighted by Gasteiger charge is -2.19. The van der Waals surface area contributed by atoms with Crippen molar-refractivity contribution in [2.24, 2.45) is 0 Å². The Hall–Kier alpha value is -2.50. The highest BCUT2D eigenvalue weighted by Crippen LogP contribution is 2.26. The van der Waals surface area contributed by atoms with Crippen LogP contribution in [-0.4, -0.2) is 21.5 Å². The molecule has 116 valence electrons. The zero-order valence-electron chi connectivity index (χ0n) is 13.0. The normalized spacial score (nSPS) is 11.5. The number of nitro benzene ring substituents is 1. The van der Waals surface area contributed by atoms with Gasteiger partial charge in [-0.1, -0.05) is 12.1 Å². The number of hydrogen-bond acceptors (Lipinski definition) is 5. The molecule has 0 aliphatic rings. The predicted molar refractivity (Wildman–Crippen MR) is 82.7 cm³/mol. The Bertz CT molecular complexity index is 748. The second kappa shape index (κ2) is 5.71. The number of esters is 1. The fraction of sp³-hybridized carbons (Fsp3) is 0.375. The van der Waals surface area contributed by atoms with E-state index in [1.54, 1.807) is 45.9 Å². The number of benzene rings is 1. The van der Waals surface area contributed by atoms with Gasteiger partial charge in [0.15, 0.2) is 0 Å². The molecule has 0 spiro atoms. The van der Waals surface area contributed by atoms with E-state index in [1.807, 2.05) is 0 Å². The maximum absolute atomic E-state index is 11.9. The smallest absolute Gasteiger partial charge is 0.310 e. The number of nitrogens with zero attached hydrogens (tertiary/aromatic N) is 2. The second-order valence-corrected chi connectivity index (χ2v) is 6.10. The monoisotopic (exact) mass is 302 g/mol. The van der Waals surface area contributed by atoms with Crippen LogP contribution in [0.1, 0.15) is 32.0 Å². The molecule has 22 heavy (non-hydrogen) atoms. The van der Waals surface area contributed by atoms with Crippen molar-refractivity contribution >= 4 is 22.6 Å². The van der Waals surface area contributed by atoms with Crippen LogP contribution in [0.2, 0.25) is 0 Å². The fourth-order valence-electron chi connectivity index (χ4n) is 2.18. The number of non-ortho nitro benzene ring substituents is 1. The minimum absolute atomic E-state index is 0.0376. The number of aromatic nitrogens is 1. The van der Waals surface area contributed by atoms with Crippen LogP contribution in [0.15, 0.2) is 24.3 Å². The fourth-order valence-corrected chi connectivity index (χ4v) is 2.18. The van der Waals surface area contributed by atoms with Gasteiger partial charge in [0, 0.05) is 17.1 Å². The Balaban J connectivity index is 2.39. The van der Waals surface area contributed by atoms with Crippen molar-refractivity contribution in [2.75, 3.05) is 0 Å². The van der Waals surface area contributed by atoms with Crippen LogP contribution in [0.25, 0.3) is 10.9 Å². The maximum atomic E-state index is 11.9. The van der Waals surface area contributed by atoms with Crippen molar-refractivity contribution in [1.29, 1.82) is 0 Å². The zero-order valence-corrected chi connectivity index (χ0v) is 13.0. The first-order chi connectivity index (χ1) is 10.2. The molecular formula is C16H18N2O4. The van der Waals surface area contributed by atoms with Gasteiger partial charge < -0.3 is 4.74 Å². The molecule has 2 aromatic rings. The summed E-state index contributed by atoms with van der Waals surface area (Å²) in [6.45, 7) is 7.15. The molecule has 1 aromatic carbocycles. The van der Waals surface area contributed by atoms with E-state index in [0.29, 0.717) is 22.2 Å². The van der Waals surface area contributed by atoms with E-state index in [2.05, 4.69) is 4.98 Å². The first-order valence-electron chi connectivity index (χ1n) is 6.93. The van der Waals surface area contributed by atoms with Gasteiger partial charge in [0.2, 0.25) is 0 Å². The molecule has 0 amide bonds. The van der Waals surface area contributed by atoms with Crippen molar-refractivity contribution in [3.8, 4) is 0 Å². The van der Waals surface area contributed by atoms with E-state index in [-0.39, 0.29) is 18.1 Å². The van der Waals surface area contributed by atoms with Gasteiger partial charge in [0.05, 0.1) is 11.3 Å². The lowest BCUT2D eigenvalue weighted by atomic mass is 10.1. The van der Waals surface area contributed by atoms with Crippen LogP contribution in [0.4, 0.5) is 5.69 Å². The summed E-state index contributed by atoms with van der Waals surface area (Å²) in [6, 6.07) is 6.53. The van der Waals surface area contributed by atoms with E-state index < -0.39 is 10.5 Å². The lowest BCUT2D eigenvalue weighted by molar-refractivity contribution is -0.383. The summed E-state index contributed by atoms with van der Waals surface area (Å²) in [5.74, 6) is -0.345. The number of ether oxygens (including phenoxy) is 1. The van der Waals surface area contributed by atoms with Crippen LogP contribution in [0.5, 0.6) is 0 Å². The number of nitro groups is 1. The van der Waals surface area contributed by atoms with Crippen molar-refractivity contribution in [2.45, 2.75) is 39.7 Å². The molecule has 0 radical (unpaired) electrons. The van der Waals surface area contributed by atoms with Gasteiger partial charge in [-0.05, 0) is 39.3 Å². The first-order valence-corrected chi connectivity index (χ1v) is 6.93. The highest BCUT2D eigenvalue weighted by Gasteiger charge is 2.19. The van der Waals surface area contributed by atoms with Gasteiger partial charge in [0.25, 0.3) is 5.69 Å². The van der Waals surface area contributed by atoms with E-state index in [9.17, 15) is 14.9 Å². The summed E-state index contributed by atoms with van der Waals surface area (Å²) in [5, 5.41) is 11.7. The number of pyridine rings is 1. The summed E-state index contributed by atoms with van der Waals surface area (Å²) in [6.07, 6.45) is 0.0920. The number of rotatable bonds is 3. The number of hydrogen-bond donors (Lipinski definition) is 0. The Morgan fingerprint density at radius 1 is 1.36 bits per heavy atom. The van der Waals surface area contributed by atoms with Gasteiger partial charge in [-0.3, -0.25) is 14.9 Å². The largest absolute Gasteiger partial charge is 0.460 e.